The lowest BCUT2D eigenvalue weighted by Gasteiger charge is -2.33. The van der Waals surface area contributed by atoms with Gasteiger partial charge in [-0.25, -0.2) is 4.98 Å². The molecule has 3 nitrogen and oxygen atoms in total. The summed E-state index contributed by atoms with van der Waals surface area (Å²) >= 11 is 0. The molecule has 1 aromatic rings. The number of nitrogens with zero attached hydrogens (tertiary/aromatic N) is 2. The Morgan fingerprint density at radius 1 is 1.43 bits per heavy atom. The van der Waals surface area contributed by atoms with E-state index in [2.05, 4.69) is 59.4 Å². The van der Waals surface area contributed by atoms with Crippen molar-refractivity contribution in [1.82, 2.24) is 10.3 Å². The summed E-state index contributed by atoms with van der Waals surface area (Å²) in [5.74, 6) is 1.12. The number of nitrogens with one attached hydrogen (secondary N) is 1. The van der Waals surface area contributed by atoms with E-state index >= 15 is 0 Å². The van der Waals surface area contributed by atoms with Crippen molar-refractivity contribution < 1.29 is 0 Å². The topological polar surface area (TPSA) is 28.2 Å². The standard InChI is InChI=1S/C18H27N3/c1-4-5-6-16(3)14-20-17-8-11-21(12-9-17)18-13-15(2)7-10-19-18/h4-7,10,13,17,20H,8-9,11-12,14H2,1-3H3/b5-4-,16-6+. The largest absolute Gasteiger partial charge is 0.356 e. The summed E-state index contributed by atoms with van der Waals surface area (Å²) in [5.41, 5.74) is 2.67. The van der Waals surface area contributed by atoms with Gasteiger partial charge in [0.15, 0.2) is 0 Å². The molecule has 0 amide bonds. The van der Waals surface area contributed by atoms with Crippen LogP contribution in [0.25, 0.3) is 0 Å². The van der Waals surface area contributed by atoms with Crippen molar-refractivity contribution >= 4 is 5.82 Å². The average molecular weight is 285 g/mol. The zero-order chi connectivity index (χ0) is 15.1. The smallest absolute Gasteiger partial charge is 0.128 e. The van der Waals surface area contributed by atoms with Crippen molar-refractivity contribution in [1.29, 1.82) is 0 Å². The fourth-order valence-corrected chi connectivity index (χ4v) is 2.63. The molecule has 1 aromatic heterocycles. The van der Waals surface area contributed by atoms with E-state index in [9.17, 15) is 0 Å². The molecule has 0 bridgehead atoms. The zero-order valence-electron chi connectivity index (χ0n) is 13.5. The van der Waals surface area contributed by atoms with Crippen molar-refractivity contribution in [2.24, 2.45) is 0 Å². The number of pyridine rings is 1. The highest BCUT2D eigenvalue weighted by atomic mass is 15.2. The SMILES string of the molecule is C/C=C\C=C(/C)CNC1CCN(c2cc(C)ccn2)CC1. The minimum absolute atomic E-state index is 0.625. The summed E-state index contributed by atoms with van der Waals surface area (Å²) in [5, 5.41) is 3.66. The highest BCUT2D eigenvalue weighted by Crippen LogP contribution is 2.18. The summed E-state index contributed by atoms with van der Waals surface area (Å²) in [6.07, 6.45) is 10.6. The molecule has 0 aromatic carbocycles. The Hall–Kier alpha value is -1.61. The number of aromatic nitrogens is 1. The predicted molar refractivity (Wildman–Crippen MR) is 90.8 cm³/mol. The van der Waals surface area contributed by atoms with E-state index in [0.29, 0.717) is 6.04 Å². The number of piperidine rings is 1. The molecule has 114 valence electrons. The van der Waals surface area contributed by atoms with Gasteiger partial charge in [0.1, 0.15) is 5.82 Å². The molecule has 21 heavy (non-hydrogen) atoms. The van der Waals surface area contributed by atoms with E-state index in [-0.39, 0.29) is 0 Å². The van der Waals surface area contributed by atoms with Crippen LogP contribution < -0.4 is 10.2 Å². The van der Waals surface area contributed by atoms with Crippen LogP contribution in [0, 0.1) is 6.92 Å². The second-order valence-electron chi connectivity index (χ2n) is 5.87. The minimum Gasteiger partial charge on any atom is -0.356 e. The summed E-state index contributed by atoms with van der Waals surface area (Å²) < 4.78 is 0. The van der Waals surface area contributed by atoms with E-state index in [0.717, 1.165) is 25.5 Å². The van der Waals surface area contributed by atoms with E-state index < -0.39 is 0 Å². The molecule has 1 N–H and O–H groups in total. The molecule has 0 spiro atoms. The third kappa shape index (κ3) is 5.01. The van der Waals surface area contributed by atoms with Crippen LogP contribution in [-0.4, -0.2) is 30.7 Å². The van der Waals surface area contributed by atoms with Gasteiger partial charge in [-0.2, -0.15) is 0 Å². The van der Waals surface area contributed by atoms with Crippen LogP contribution in [-0.2, 0) is 0 Å². The number of hydrogen-bond acceptors (Lipinski definition) is 3. The number of aryl methyl sites for hydroxylation is 1. The Morgan fingerprint density at radius 2 is 2.19 bits per heavy atom. The van der Waals surface area contributed by atoms with E-state index in [4.69, 9.17) is 0 Å². The highest BCUT2D eigenvalue weighted by molar-refractivity contribution is 5.41. The number of allylic oxidation sites excluding steroid dienone is 3. The van der Waals surface area contributed by atoms with Gasteiger partial charge in [-0.05, 0) is 51.3 Å². The molecule has 1 aliphatic heterocycles. The van der Waals surface area contributed by atoms with Gasteiger partial charge in [0.2, 0.25) is 0 Å². The van der Waals surface area contributed by atoms with Gasteiger partial charge in [0.05, 0.1) is 0 Å². The molecule has 1 saturated heterocycles. The van der Waals surface area contributed by atoms with Crippen LogP contribution in [0.15, 0.2) is 42.1 Å². The van der Waals surface area contributed by atoms with Crippen LogP contribution in [0.5, 0.6) is 0 Å². The lowest BCUT2D eigenvalue weighted by molar-refractivity contribution is 0.426. The molecule has 1 fully saturated rings. The van der Waals surface area contributed by atoms with Crippen molar-refractivity contribution in [3.8, 4) is 0 Å². The zero-order valence-corrected chi connectivity index (χ0v) is 13.5. The van der Waals surface area contributed by atoms with Gasteiger partial charge in [-0.1, -0.05) is 23.8 Å². The summed E-state index contributed by atoms with van der Waals surface area (Å²) in [4.78, 5) is 6.88. The fraction of sp³-hybridized carbons (Fsp3) is 0.500. The Labute approximate surface area is 128 Å². The van der Waals surface area contributed by atoms with Gasteiger partial charge >= 0.3 is 0 Å². The normalized spacial score (nSPS) is 17.7. The maximum absolute atomic E-state index is 4.49. The van der Waals surface area contributed by atoms with Crippen LogP contribution in [0.4, 0.5) is 5.82 Å². The average Bonchev–Trinajstić information content (AvgIpc) is 2.51. The second kappa shape index (κ2) is 7.99. The predicted octanol–water partition coefficient (Wildman–Crippen LogP) is 3.47. The first-order valence-corrected chi connectivity index (χ1v) is 7.88. The van der Waals surface area contributed by atoms with Crippen LogP contribution in [0.3, 0.4) is 0 Å². The molecule has 0 atom stereocenters. The first kappa shape index (κ1) is 15.8. The fourth-order valence-electron chi connectivity index (χ4n) is 2.63. The van der Waals surface area contributed by atoms with E-state index in [1.54, 1.807) is 0 Å². The molecule has 0 unspecified atom stereocenters. The van der Waals surface area contributed by atoms with Crippen LogP contribution in [0.2, 0.25) is 0 Å². The maximum atomic E-state index is 4.49. The van der Waals surface area contributed by atoms with Gasteiger partial charge in [-0.15, -0.1) is 0 Å². The number of hydrogen-bond donors (Lipinski definition) is 1. The van der Waals surface area contributed by atoms with Crippen LogP contribution >= 0.6 is 0 Å². The third-order valence-corrected chi connectivity index (χ3v) is 3.96. The summed E-state index contributed by atoms with van der Waals surface area (Å²) in [6.45, 7) is 9.51. The molecule has 1 aliphatic rings. The number of anilines is 1. The van der Waals surface area contributed by atoms with Crippen molar-refractivity contribution in [3.63, 3.8) is 0 Å². The Bertz CT molecular complexity index is 497. The summed E-state index contributed by atoms with van der Waals surface area (Å²) in [6, 6.07) is 4.86. The van der Waals surface area contributed by atoms with Crippen LogP contribution in [0.1, 0.15) is 32.3 Å². The maximum Gasteiger partial charge on any atom is 0.128 e. The molecule has 0 radical (unpaired) electrons. The van der Waals surface area contributed by atoms with Gasteiger partial charge in [-0.3, -0.25) is 0 Å². The molecule has 2 heterocycles. The first-order valence-electron chi connectivity index (χ1n) is 7.88. The Morgan fingerprint density at radius 3 is 2.86 bits per heavy atom. The van der Waals surface area contributed by atoms with E-state index in [1.165, 1.54) is 24.0 Å². The third-order valence-electron chi connectivity index (χ3n) is 3.96. The first-order chi connectivity index (χ1) is 10.2. The van der Waals surface area contributed by atoms with Crippen molar-refractivity contribution in [2.45, 2.75) is 39.7 Å². The van der Waals surface area contributed by atoms with E-state index in [1.807, 2.05) is 13.1 Å². The van der Waals surface area contributed by atoms with Crippen molar-refractivity contribution in [3.05, 3.63) is 47.7 Å². The lowest BCUT2D eigenvalue weighted by Crippen LogP contribution is -2.43. The van der Waals surface area contributed by atoms with Gasteiger partial charge < -0.3 is 10.2 Å². The minimum atomic E-state index is 0.625. The molecule has 3 heteroatoms. The lowest BCUT2D eigenvalue weighted by atomic mass is 10.0. The van der Waals surface area contributed by atoms with Crippen molar-refractivity contribution in [2.75, 3.05) is 24.5 Å². The van der Waals surface area contributed by atoms with Gasteiger partial charge in [0, 0.05) is 31.9 Å². The quantitative estimate of drug-likeness (QED) is 0.840. The number of rotatable bonds is 5. The Balaban J connectivity index is 1.78. The molecule has 0 saturated carbocycles. The van der Waals surface area contributed by atoms with Gasteiger partial charge in [0.25, 0.3) is 0 Å². The molecular formula is C18H27N3. The molecular weight excluding hydrogens is 258 g/mol. The second-order valence-corrected chi connectivity index (χ2v) is 5.87. The Kier molecular flexibility index (Phi) is 6.00. The molecule has 2 rings (SSSR count). The molecule has 0 aliphatic carbocycles. The summed E-state index contributed by atoms with van der Waals surface area (Å²) in [7, 11) is 0. The highest BCUT2D eigenvalue weighted by Gasteiger charge is 2.19. The monoisotopic (exact) mass is 285 g/mol.